The van der Waals surface area contributed by atoms with Crippen LogP contribution >= 0.6 is 11.3 Å². The number of benzene rings is 3. The maximum absolute atomic E-state index is 6.02. The molecule has 160 valence electrons. The van der Waals surface area contributed by atoms with Crippen molar-refractivity contribution >= 4 is 43.8 Å². The first-order valence-electron chi connectivity index (χ1n) is 10.6. The van der Waals surface area contributed by atoms with E-state index in [0.717, 1.165) is 44.1 Å². The Morgan fingerprint density at radius 3 is 2.66 bits per heavy atom. The van der Waals surface area contributed by atoms with Crippen LogP contribution in [0, 0.1) is 13.8 Å². The molecule has 0 unspecified atom stereocenters. The highest BCUT2D eigenvalue weighted by Crippen LogP contribution is 2.25. The normalized spacial score (nSPS) is 11.6. The number of para-hydroxylation sites is 2. The van der Waals surface area contributed by atoms with Gasteiger partial charge in [-0.25, -0.2) is 4.98 Å². The van der Waals surface area contributed by atoms with Crippen LogP contribution in [-0.2, 0) is 6.54 Å². The Bertz CT molecular complexity index is 1360. The summed E-state index contributed by atoms with van der Waals surface area (Å²) >= 11 is 1.59. The van der Waals surface area contributed by atoms with E-state index in [4.69, 9.17) is 4.74 Å². The maximum Gasteiger partial charge on any atom is 0.204 e. The van der Waals surface area contributed by atoms with Gasteiger partial charge in [0.25, 0.3) is 0 Å². The fourth-order valence-electron chi connectivity index (χ4n) is 3.92. The maximum atomic E-state index is 6.02. The van der Waals surface area contributed by atoms with Crippen LogP contribution in [-0.4, -0.2) is 22.4 Å². The van der Waals surface area contributed by atoms with Gasteiger partial charge in [-0.2, -0.15) is 5.10 Å². The van der Waals surface area contributed by atoms with Crippen molar-refractivity contribution < 1.29 is 4.74 Å². The third kappa shape index (κ3) is 4.36. The van der Waals surface area contributed by atoms with Gasteiger partial charge in [0.15, 0.2) is 0 Å². The number of rotatable bonds is 7. The molecule has 0 fully saturated rings. The SMILES string of the molecule is Cc1cc(C)cc(OCCn2cc(/C=N/Nc3nc4ccccc4s3)c3ccccc32)c1. The zero-order chi connectivity index (χ0) is 21.9. The monoisotopic (exact) mass is 440 g/mol. The lowest BCUT2D eigenvalue weighted by Crippen LogP contribution is -2.07. The minimum absolute atomic E-state index is 0.599. The predicted molar refractivity (Wildman–Crippen MR) is 134 cm³/mol. The molecule has 1 N–H and O–H groups in total. The average molecular weight is 441 g/mol. The summed E-state index contributed by atoms with van der Waals surface area (Å²) in [7, 11) is 0. The van der Waals surface area contributed by atoms with Crippen molar-refractivity contribution in [3.05, 3.63) is 89.6 Å². The van der Waals surface area contributed by atoms with Crippen LogP contribution in [0.2, 0.25) is 0 Å². The van der Waals surface area contributed by atoms with E-state index in [2.05, 4.69) is 88.7 Å². The first kappa shape index (κ1) is 20.3. The van der Waals surface area contributed by atoms with Gasteiger partial charge >= 0.3 is 0 Å². The number of hydrogen-bond acceptors (Lipinski definition) is 5. The molecule has 0 atom stereocenters. The molecule has 5 nitrogen and oxygen atoms in total. The van der Waals surface area contributed by atoms with Crippen LogP contribution < -0.4 is 10.2 Å². The van der Waals surface area contributed by atoms with Crippen LogP contribution in [0.4, 0.5) is 5.13 Å². The Hall–Kier alpha value is -3.64. The van der Waals surface area contributed by atoms with Crippen LogP contribution in [0.15, 0.2) is 78.0 Å². The molecule has 5 rings (SSSR count). The Morgan fingerprint density at radius 2 is 1.81 bits per heavy atom. The Balaban J connectivity index is 1.31. The fourth-order valence-corrected chi connectivity index (χ4v) is 4.73. The van der Waals surface area contributed by atoms with Crippen molar-refractivity contribution in [3.8, 4) is 5.75 Å². The molecule has 32 heavy (non-hydrogen) atoms. The number of ether oxygens (including phenoxy) is 1. The van der Waals surface area contributed by atoms with E-state index in [-0.39, 0.29) is 0 Å². The van der Waals surface area contributed by atoms with Gasteiger partial charge in [0.2, 0.25) is 5.13 Å². The predicted octanol–water partition coefficient (Wildman–Crippen LogP) is 6.39. The van der Waals surface area contributed by atoms with Crippen LogP contribution in [0.3, 0.4) is 0 Å². The number of hydrazone groups is 1. The number of thiazole rings is 1. The molecule has 5 aromatic rings. The minimum atomic E-state index is 0.599. The van der Waals surface area contributed by atoms with Gasteiger partial charge in [-0.05, 0) is 55.3 Å². The molecule has 2 heterocycles. The third-order valence-electron chi connectivity index (χ3n) is 5.27. The molecule has 0 aliphatic carbocycles. The van der Waals surface area contributed by atoms with Crippen molar-refractivity contribution in [2.45, 2.75) is 20.4 Å². The molecule has 2 aromatic heterocycles. The summed E-state index contributed by atoms with van der Waals surface area (Å²) in [5.74, 6) is 0.917. The third-order valence-corrected chi connectivity index (χ3v) is 6.21. The topological polar surface area (TPSA) is 51.4 Å². The van der Waals surface area contributed by atoms with Gasteiger partial charge in [-0.15, -0.1) is 0 Å². The van der Waals surface area contributed by atoms with E-state index in [1.807, 2.05) is 24.4 Å². The Labute approximate surface area is 191 Å². The molecule has 0 spiro atoms. The molecule has 0 saturated heterocycles. The highest BCUT2D eigenvalue weighted by molar-refractivity contribution is 7.22. The highest BCUT2D eigenvalue weighted by Gasteiger charge is 2.07. The van der Waals surface area contributed by atoms with E-state index in [9.17, 15) is 0 Å². The lowest BCUT2D eigenvalue weighted by Gasteiger charge is -2.10. The standard InChI is InChI=1S/C26H24N4OS/c1-18-13-19(2)15-21(14-18)31-12-11-30-17-20(22-7-3-5-9-24(22)30)16-27-29-26-28-23-8-4-6-10-25(23)32-26/h3-10,13-17H,11-12H2,1-2H3,(H,28,29)/b27-16+. The molecule has 0 aliphatic rings. The minimum Gasteiger partial charge on any atom is -0.492 e. The van der Waals surface area contributed by atoms with Crippen molar-refractivity contribution in [2.75, 3.05) is 12.0 Å². The zero-order valence-electron chi connectivity index (χ0n) is 18.1. The van der Waals surface area contributed by atoms with Gasteiger partial charge in [-0.1, -0.05) is 47.7 Å². The van der Waals surface area contributed by atoms with Gasteiger partial charge in [0.1, 0.15) is 12.4 Å². The largest absolute Gasteiger partial charge is 0.492 e. The quantitative estimate of drug-likeness (QED) is 0.236. The molecule has 0 aliphatic heterocycles. The van der Waals surface area contributed by atoms with E-state index >= 15 is 0 Å². The van der Waals surface area contributed by atoms with Crippen LogP contribution in [0.5, 0.6) is 5.75 Å². The fraction of sp³-hybridized carbons (Fsp3) is 0.154. The van der Waals surface area contributed by atoms with Gasteiger partial charge in [0.05, 0.1) is 23.0 Å². The number of nitrogens with one attached hydrogen (secondary N) is 1. The summed E-state index contributed by atoms with van der Waals surface area (Å²) in [6.07, 6.45) is 3.98. The van der Waals surface area contributed by atoms with E-state index < -0.39 is 0 Å². The van der Waals surface area contributed by atoms with E-state index in [1.54, 1.807) is 11.3 Å². The highest BCUT2D eigenvalue weighted by atomic mass is 32.1. The van der Waals surface area contributed by atoms with E-state index in [1.165, 1.54) is 11.1 Å². The molecule has 0 saturated carbocycles. The molecule has 3 aromatic carbocycles. The van der Waals surface area contributed by atoms with Crippen LogP contribution in [0.25, 0.3) is 21.1 Å². The molecule has 0 radical (unpaired) electrons. The molecule has 6 heteroatoms. The molecular weight excluding hydrogens is 416 g/mol. The number of fused-ring (bicyclic) bond motifs is 2. The first-order chi connectivity index (χ1) is 15.7. The summed E-state index contributed by atoms with van der Waals surface area (Å²) < 4.78 is 9.39. The molecular formula is C26H24N4OS. The average Bonchev–Trinajstić information content (AvgIpc) is 3.35. The lowest BCUT2D eigenvalue weighted by atomic mass is 10.1. The summed E-state index contributed by atoms with van der Waals surface area (Å²) in [4.78, 5) is 4.56. The van der Waals surface area contributed by atoms with E-state index in [0.29, 0.717) is 6.61 Å². The Kier molecular flexibility index (Phi) is 5.60. The van der Waals surface area contributed by atoms with Crippen molar-refractivity contribution in [1.82, 2.24) is 9.55 Å². The second kappa shape index (κ2) is 8.85. The first-order valence-corrected chi connectivity index (χ1v) is 11.4. The number of anilines is 1. The van der Waals surface area contributed by atoms with Gasteiger partial charge in [0, 0.05) is 22.7 Å². The summed E-state index contributed by atoms with van der Waals surface area (Å²) in [5.41, 5.74) is 8.70. The lowest BCUT2D eigenvalue weighted by molar-refractivity contribution is 0.300. The number of hydrogen-bond donors (Lipinski definition) is 1. The number of nitrogens with zero attached hydrogens (tertiary/aromatic N) is 3. The van der Waals surface area contributed by atoms with Crippen LogP contribution in [0.1, 0.15) is 16.7 Å². The van der Waals surface area contributed by atoms with Gasteiger partial charge in [-0.3, -0.25) is 5.43 Å². The Morgan fingerprint density at radius 1 is 1.03 bits per heavy atom. The summed E-state index contributed by atoms with van der Waals surface area (Å²) in [6.45, 7) is 5.54. The van der Waals surface area contributed by atoms with Crippen molar-refractivity contribution in [1.29, 1.82) is 0 Å². The second-order valence-electron chi connectivity index (χ2n) is 7.82. The number of aryl methyl sites for hydroxylation is 2. The molecule has 0 amide bonds. The zero-order valence-corrected chi connectivity index (χ0v) is 18.9. The second-order valence-corrected chi connectivity index (χ2v) is 8.85. The molecule has 0 bridgehead atoms. The summed E-state index contributed by atoms with van der Waals surface area (Å²) in [5, 5.41) is 6.39. The van der Waals surface area contributed by atoms with Crippen molar-refractivity contribution in [3.63, 3.8) is 0 Å². The van der Waals surface area contributed by atoms with Crippen molar-refractivity contribution in [2.24, 2.45) is 5.10 Å². The smallest absolute Gasteiger partial charge is 0.204 e. The summed E-state index contributed by atoms with van der Waals surface area (Å²) in [6, 6.07) is 22.8. The number of aromatic nitrogens is 2. The van der Waals surface area contributed by atoms with Gasteiger partial charge < -0.3 is 9.30 Å².